The number of nitrogens with one attached hydrogen (secondary N) is 7. The lowest BCUT2D eigenvalue weighted by Crippen LogP contribution is -2.46. The van der Waals surface area contributed by atoms with Gasteiger partial charge in [0.15, 0.2) is 35.1 Å². The molecule has 0 saturated carbocycles. The zero-order chi connectivity index (χ0) is 104. The predicted molar refractivity (Wildman–Crippen MR) is 548 cm³/mol. The van der Waals surface area contributed by atoms with E-state index in [0.717, 1.165) is 49.3 Å². The fourth-order valence-corrected chi connectivity index (χ4v) is 22.3. The fraction of sp³-hybridized carbons (Fsp3) is 0.585. The molecule has 6 amide bonds. The van der Waals surface area contributed by atoms with Crippen LogP contribution >= 0.6 is 0 Å². The van der Waals surface area contributed by atoms with Crippen LogP contribution in [0.4, 0.5) is 21.0 Å². The second kappa shape index (κ2) is 87.5. The third kappa shape index (κ3) is 66.3. The highest BCUT2D eigenvalue weighted by Gasteiger charge is 2.42. The molecule has 0 bridgehead atoms. The topological polar surface area (TPSA) is 474 Å². The maximum absolute atomic E-state index is 13.1. The summed E-state index contributed by atoms with van der Waals surface area (Å²) in [6.07, 6.45) is 4.33. The van der Waals surface area contributed by atoms with Gasteiger partial charge in [0.1, 0.15) is 5.60 Å². The van der Waals surface area contributed by atoms with Gasteiger partial charge in [-0.25, -0.2) is 53.3 Å². The maximum Gasteiger partial charge on any atom is 0.500 e. The molecule has 0 heterocycles. The summed E-state index contributed by atoms with van der Waals surface area (Å²) in [6, 6.07) is 37.9. The summed E-state index contributed by atoms with van der Waals surface area (Å²) in [5.41, 5.74) is 0.675. The van der Waals surface area contributed by atoms with Gasteiger partial charge in [0, 0.05) is 160 Å². The highest BCUT2D eigenvalue weighted by Crippen LogP contribution is 2.24. The van der Waals surface area contributed by atoms with E-state index in [-0.39, 0.29) is 60.3 Å². The first-order chi connectivity index (χ1) is 66.3. The van der Waals surface area contributed by atoms with Crippen LogP contribution in [0.3, 0.4) is 0 Å². The maximum atomic E-state index is 13.1. The van der Waals surface area contributed by atoms with Crippen molar-refractivity contribution in [1.82, 2.24) is 26.6 Å². The number of hydrogen-bond donors (Lipinski definition) is 10. The molecule has 38 nitrogen and oxygen atoms in total. The Hall–Kier alpha value is -8.49. The van der Waals surface area contributed by atoms with Crippen LogP contribution in [0, 0.1) is 0 Å². The van der Waals surface area contributed by atoms with Crippen molar-refractivity contribution in [3.63, 3.8) is 0 Å². The monoisotopic (exact) mass is 2060 g/mol. The van der Waals surface area contributed by atoms with Crippen LogP contribution in [0.2, 0.25) is 36.3 Å². The number of carbonyl (C=O) groups excluding carboxylic acids is 6. The van der Waals surface area contributed by atoms with E-state index < -0.39 is 99.0 Å². The summed E-state index contributed by atoms with van der Waals surface area (Å²) in [5.74, 6) is -6.09. The van der Waals surface area contributed by atoms with Gasteiger partial charge < -0.3 is 110 Å². The molecule has 0 atom stereocenters. The van der Waals surface area contributed by atoms with Crippen molar-refractivity contribution < 1.29 is 146 Å². The highest BCUT2D eigenvalue weighted by atomic mass is 28.4. The summed E-state index contributed by atoms with van der Waals surface area (Å²) < 4.78 is 72.9. The normalized spacial score (nSPS) is 11.1. The molecular weight excluding hydrogens is 1890 g/mol. The molecular formula is C94H165N7O31Si6. The molecule has 0 aliphatic carbocycles. The molecule has 5 aromatic carbocycles. The van der Waals surface area contributed by atoms with Crippen LogP contribution in [-0.2, 0) is 87.2 Å². The number of carboxylic acid groups (broad SMARTS) is 3. The Balaban J connectivity index is -0.00000164. The van der Waals surface area contributed by atoms with Gasteiger partial charge in [0.25, 0.3) is 17.7 Å². The number of aromatic carboxylic acids is 3. The van der Waals surface area contributed by atoms with Crippen molar-refractivity contribution in [3.05, 3.63) is 166 Å². The van der Waals surface area contributed by atoms with E-state index in [2.05, 4.69) is 78.7 Å². The molecule has 0 aliphatic rings. The molecule has 0 radical (unpaired) electrons. The van der Waals surface area contributed by atoms with E-state index in [1.54, 1.807) is 19.2 Å². The third-order valence-corrected chi connectivity index (χ3v) is 31.2. The van der Waals surface area contributed by atoms with E-state index in [1.807, 2.05) is 173 Å². The minimum atomic E-state index is -2.72. The smallest absolute Gasteiger partial charge is 0.478 e. The van der Waals surface area contributed by atoms with E-state index in [0.29, 0.717) is 169 Å². The quantitative estimate of drug-likeness (QED) is 0.00568. The summed E-state index contributed by atoms with van der Waals surface area (Å²) in [4.78, 5) is 135. The Labute approximate surface area is 829 Å². The van der Waals surface area contributed by atoms with Crippen LogP contribution in [-0.4, -0.2) is 290 Å². The second-order valence-corrected chi connectivity index (χ2v) is 42.2. The zero-order valence-corrected chi connectivity index (χ0v) is 93.0. The number of carbonyl (C=O) groups is 9. The average Bonchev–Trinajstić information content (AvgIpc) is 0.794. The Morgan fingerprint density at radius 3 is 0.949 bits per heavy atom. The largest absolute Gasteiger partial charge is 0.500 e. The SMILES string of the molecule is CCOOCC.CCOOCC.CCO[SiH2]CCCNC(=O)c1ccc(C(=O)c2ccc(C(=O)NCCC[SiH2]OCC)c(C(=O)O)c2)cc1C(=O)O.CCO[Si](CCCNC(=O)Nc1ccccc1)(OCC)OCC.CCO[Si](CCCNC(=O)OC(C)(C)C)(OCC)OCC.CCO[Si](CCCNC(=O)c1ccccc1C(=O)O)(OCC)OCC.COOC.CO[SiH2]CCCNc1ccccc1. The van der Waals surface area contributed by atoms with Crippen LogP contribution in [0.25, 0.3) is 0 Å². The molecule has 0 aromatic heterocycles. The Kier molecular flexibility index (Phi) is 84.8. The summed E-state index contributed by atoms with van der Waals surface area (Å²) >= 11 is 0. The third-order valence-electron chi connectivity index (χ3n) is 17.5. The molecule has 0 aliphatic heterocycles. The number of amides is 6. The molecule has 10 N–H and O–H groups in total. The number of carboxylic acids is 3. The van der Waals surface area contributed by atoms with Crippen LogP contribution < -0.4 is 37.2 Å². The first kappa shape index (κ1) is 134. The number of para-hydroxylation sites is 2. The lowest BCUT2D eigenvalue weighted by Gasteiger charge is -2.28. The number of alkyl carbamates (subject to hydrolysis) is 1. The van der Waals surface area contributed by atoms with Gasteiger partial charge in [-0.2, -0.15) is 0 Å². The highest BCUT2D eigenvalue weighted by molar-refractivity contribution is 6.61. The van der Waals surface area contributed by atoms with Crippen molar-refractivity contribution in [3.8, 4) is 0 Å². The number of rotatable bonds is 64. The Morgan fingerprint density at radius 1 is 0.326 bits per heavy atom. The number of anilines is 2. The molecule has 5 rings (SSSR count). The fourth-order valence-electron chi connectivity index (χ4n) is 11.8. The number of benzene rings is 5. The predicted octanol–water partition coefficient (Wildman–Crippen LogP) is 14.2. The number of hydrogen-bond acceptors (Lipinski definition) is 29. The van der Waals surface area contributed by atoms with Crippen molar-refractivity contribution in [2.24, 2.45) is 0 Å². The molecule has 138 heavy (non-hydrogen) atoms. The van der Waals surface area contributed by atoms with Crippen molar-refractivity contribution in [2.75, 3.05) is 170 Å². The molecule has 0 saturated heterocycles. The van der Waals surface area contributed by atoms with Crippen molar-refractivity contribution in [2.45, 2.75) is 205 Å². The van der Waals surface area contributed by atoms with E-state index in [9.17, 15) is 53.4 Å². The molecule has 0 fully saturated rings. The van der Waals surface area contributed by atoms with Crippen molar-refractivity contribution >= 4 is 121 Å². The first-order valence-corrected chi connectivity index (χ1v) is 58.1. The Morgan fingerprint density at radius 2 is 0.630 bits per heavy atom. The number of ketones is 1. The molecule has 44 heteroatoms. The van der Waals surface area contributed by atoms with Crippen LogP contribution in [0.15, 0.2) is 121 Å². The first-order valence-electron chi connectivity index (χ1n) is 47.6. The molecule has 5 aromatic rings. The summed E-state index contributed by atoms with van der Waals surface area (Å²) in [6.45, 7) is 46.1. The number of urea groups is 1. The van der Waals surface area contributed by atoms with Gasteiger partial charge in [0.2, 0.25) is 0 Å². The van der Waals surface area contributed by atoms with Gasteiger partial charge in [-0.05, 0) is 242 Å². The number of ether oxygens (including phenoxy) is 1. The lowest BCUT2D eigenvalue weighted by atomic mass is 9.95. The van der Waals surface area contributed by atoms with E-state index in [1.165, 1.54) is 68.8 Å². The van der Waals surface area contributed by atoms with Gasteiger partial charge in [-0.15, -0.1) is 0 Å². The minimum Gasteiger partial charge on any atom is -0.478 e. The minimum absolute atomic E-state index is 0.0123. The van der Waals surface area contributed by atoms with Gasteiger partial charge in [0.05, 0.1) is 74.0 Å². The second-order valence-electron chi connectivity index (χ2n) is 29.3. The molecule has 786 valence electrons. The van der Waals surface area contributed by atoms with Crippen molar-refractivity contribution in [1.29, 1.82) is 0 Å². The Bertz CT molecular complexity index is 3810. The van der Waals surface area contributed by atoms with Gasteiger partial charge in [-0.3, -0.25) is 19.2 Å². The zero-order valence-electron chi connectivity index (χ0n) is 85.8. The van der Waals surface area contributed by atoms with Gasteiger partial charge >= 0.3 is 56.4 Å². The standard InChI is InChI=1S/C27H36N2O9Si2.C17H27NO6Si.C16H28N2O4Si.C14H31NO5Si.C10H17NOSi.2C4H10O2.C2H6O2/c1-3-37-39-13-5-11-28-24(31)19-9-7-17(15-21(19)26(33)34)23(30)18-8-10-20(22(16-18)27(35)36)25(32)29-12-6-14-40-38-4-2;1-4-22-25(23-5-2,24-6-3)13-9-12-18-16(19)14-10-7-8-11-15(14)17(20)21;1-4-20-23(21-5-2,22-6-3)14-10-13-17-16(19)18-15-11-8-7-9-12-15;1-7-17-21(18-8-2,19-9-3)12-10-11-15-13(16)20-14(4,5)6;1-12-13-9-5-8-11-10-6-3-2-4-7-10;2*1-3-5-6-4-2;1-3-4-2/h7-10,15-16H,3-6,11-14,39-40H2,1-2H3,(H,28,31)(H,29,32)(H,33,34)(H,35,36);7-8,10-11H,4-6,9,12-13H2,1-3H3,(H,18,19)(H,20,21);7-9,11-12H,4-6,10,13-14H2,1-3H3,(H2,17,18,19);7-12H2,1-6H3,(H,15,16);2-4,6-7,11H,5,8-9,13H2,1H3;2*3-4H2,1-2H3;1-2H3. The van der Waals surface area contributed by atoms with E-state index >= 15 is 0 Å². The van der Waals surface area contributed by atoms with Crippen LogP contribution in [0.5, 0.6) is 0 Å². The molecule has 0 unspecified atom stereocenters. The average molecular weight is 2060 g/mol. The summed E-state index contributed by atoms with van der Waals surface area (Å²) in [7, 11) is -4.69. The van der Waals surface area contributed by atoms with Gasteiger partial charge in [-0.1, -0.05) is 60.7 Å². The lowest BCUT2D eigenvalue weighted by molar-refractivity contribution is -0.287. The molecule has 0 spiro atoms. The van der Waals surface area contributed by atoms with E-state index in [4.69, 9.17) is 63.0 Å². The summed E-state index contributed by atoms with van der Waals surface area (Å²) in [5, 5.41) is 48.3. The van der Waals surface area contributed by atoms with Crippen LogP contribution in [0.1, 0.15) is 241 Å².